The Morgan fingerprint density at radius 3 is 2.18 bits per heavy atom. The van der Waals surface area contributed by atoms with Crippen molar-refractivity contribution in [3.63, 3.8) is 0 Å². The maximum Gasteiger partial charge on any atom is 0.209 e. The number of benzene rings is 2. The van der Waals surface area contributed by atoms with Gasteiger partial charge in [-0.1, -0.05) is 18.2 Å². The van der Waals surface area contributed by atoms with Gasteiger partial charge >= 0.3 is 0 Å². The molecule has 0 saturated carbocycles. The number of hydrogen-bond donors (Lipinski definition) is 0. The number of sulfone groups is 1. The molecule has 0 amide bonds. The molecule has 3 heterocycles. The van der Waals surface area contributed by atoms with Crippen LogP contribution in [-0.4, -0.2) is 44.6 Å². The van der Waals surface area contributed by atoms with E-state index in [1.54, 1.807) is 35.7 Å². The Morgan fingerprint density at radius 1 is 0.912 bits per heavy atom. The van der Waals surface area contributed by atoms with E-state index in [1.165, 1.54) is 18.2 Å². The van der Waals surface area contributed by atoms with Crippen molar-refractivity contribution in [1.29, 1.82) is 5.26 Å². The molecule has 4 aromatic rings. The lowest BCUT2D eigenvalue weighted by molar-refractivity contribution is 0.591. The smallest absolute Gasteiger partial charge is 0.209 e. The molecule has 10 heteroatoms. The van der Waals surface area contributed by atoms with Gasteiger partial charge in [0.1, 0.15) is 15.7 Å². The molecule has 34 heavy (non-hydrogen) atoms. The maximum absolute atomic E-state index is 13.3. The van der Waals surface area contributed by atoms with Crippen LogP contribution in [0.4, 0.5) is 15.9 Å². The molecule has 0 bridgehead atoms. The zero-order valence-electron chi connectivity index (χ0n) is 18.0. The molecule has 0 spiro atoms. The van der Waals surface area contributed by atoms with E-state index in [1.807, 2.05) is 23.1 Å². The van der Waals surface area contributed by atoms with Crippen LogP contribution in [0, 0.1) is 17.1 Å². The van der Waals surface area contributed by atoms with E-state index in [4.69, 9.17) is 4.98 Å². The van der Waals surface area contributed by atoms with E-state index in [2.05, 4.69) is 9.88 Å². The van der Waals surface area contributed by atoms with Gasteiger partial charge in [0.2, 0.25) is 9.84 Å². The molecule has 1 fully saturated rings. The molecule has 1 aliphatic heterocycles. The fourth-order valence-corrected chi connectivity index (χ4v) is 6.59. The Balaban J connectivity index is 1.53. The molecular formula is C24H20FN5O2S2. The maximum atomic E-state index is 13.3. The van der Waals surface area contributed by atoms with E-state index in [9.17, 15) is 18.1 Å². The van der Waals surface area contributed by atoms with Gasteiger partial charge in [-0.25, -0.2) is 22.8 Å². The van der Waals surface area contributed by atoms with Gasteiger partial charge in [0.15, 0.2) is 11.1 Å². The topological polar surface area (TPSA) is 90.2 Å². The van der Waals surface area contributed by atoms with Crippen molar-refractivity contribution < 1.29 is 12.8 Å². The van der Waals surface area contributed by atoms with Crippen molar-refractivity contribution in [3.8, 4) is 6.07 Å². The first-order valence-electron chi connectivity index (χ1n) is 10.7. The summed E-state index contributed by atoms with van der Waals surface area (Å²) < 4.78 is 40.1. The van der Waals surface area contributed by atoms with Gasteiger partial charge in [0.25, 0.3) is 0 Å². The lowest BCUT2D eigenvalue weighted by Crippen LogP contribution is -2.47. The zero-order chi connectivity index (χ0) is 23.7. The largest absolute Gasteiger partial charge is 0.368 e. The molecule has 1 saturated heterocycles. The van der Waals surface area contributed by atoms with Crippen molar-refractivity contribution in [1.82, 2.24) is 9.97 Å². The highest BCUT2D eigenvalue weighted by atomic mass is 32.2. The fourth-order valence-electron chi connectivity index (χ4n) is 4.06. The minimum Gasteiger partial charge on any atom is -0.368 e. The Hall–Kier alpha value is -3.55. The predicted molar refractivity (Wildman–Crippen MR) is 130 cm³/mol. The summed E-state index contributed by atoms with van der Waals surface area (Å²) in [6, 6.07) is 18.7. The molecule has 0 aliphatic carbocycles. The second-order valence-electron chi connectivity index (χ2n) is 7.86. The minimum absolute atomic E-state index is 0.126. The van der Waals surface area contributed by atoms with Crippen LogP contribution < -0.4 is 9.80 Å². The van der Waals surface area contributed by atoms with E-state index in [0.717, 1.165) is 17.0 Å². The average Bonchev–Trinajstić information content (AvgIpc) is 3.41. The summed E-state index contributed by atoms with van der Waals surface area (Å²) in [6.07, 6.45) is 0. The number of aromatic nitrogens is 2. The Morgan fingerprint density at radius 2 is 1.56 bits per heavy atom. The van der Waals surface area contributed by atoms with Crippen molar-refractivity contribution in [2.24, 2.45) is 0 Å². The van der Waals surface area contributed by atoms with Crippen LogP contribution in [0.5, 0.6) is 0 Å². The van der Waals surface area contributed by atoms with E-state index in [-0.39, 0.29) is 15.7 Å². The lowest BCUT2D eigenvalue weighted by Gasteiger charge is -2.37. The number of para-hydroxylation sites is 2. The summed E-state index contributed by atoms with van der Waals surface area (Å²) in [4.78, 5) is 13.5. The third kappa shape index (κ3) is 4.08. The molecule has 1 unspecified atom stereocenters. The molecule has 0 N–H and O–H groups in total. The van der Waals surface area contributed by atoms with Crippen LogP contribution in [0.25, 0.3) is 11.0 Å². The number of fused-ring (bicyclic) bond motifs is 1. The number of hydrogen-bond acceptors (Lipinski definition) is 8. The van der Waals surface area contributed by atoms with Gasteiger partial charge in [0, 0.05) is 31.9 Å². The number of halogens is 1. The summed E-state index contributed by atoms with van der Waals surface area (Å²) in [5.74, 6) is 0.122. The van der Waals surface area contributed by atoms with E-state index < -0.39 is 15.1 Å². The first kappa shape index (κ1) is 22.3. The van der Waals surface area contributed by atoms with Crippen molar-refractivity contribution in [3.05, 3.63) is 77.6 Å². The van der Waals surface area contributed by atoms with Gasteiger partial charge in [-0.05, 0) is 47.8 Å². The Labute approximate surface area is 200 Å². The first-order valence-corrected chi connectivity index (χ1v) is 13.1. The number of anilines is 2. The second-order valence-corrected chi connectivity index (χ2v) is 11.1. The van der Waals surface area contributed by atoms with Crippen LogP contribution >= 0.6 is 11.3 Å². The molecular weight excluding hydrogens is 473 g/mol. The van der Waals surface area contributed by atoms with Crippen molar-refractivity contribution >= 4 is 43.7 Å². The van der Waals surface area contributed by atoms with Crippen LogP contribution in [0.2, 0.25) is 0 Å². The van der Waals surface area contributed by atoms with E-state index >= 15 is 0 Å². The molecule has 172 valence electrons. The highest BCUT2D eigenvalue weighted by Gasteiger charge is 2.36. The molecule has 1 aliphatic rings. The highest BCUT2D eigenvalue weighted by Crippen LogP contribution is 2.35. The summed E-state index contributed by atoms with van der Waals surface area (Å²) in [5.41, 5.74) is 2.23. The predicted octanol–water partition coefficient (Wildman–Crippen LogP) is 4.20. The SMILES string of the molecule is N#CC(c1nc2ccccc2nc1N1CCN(c2ccc(F)cc2)CC1)S(=O)(=O)c1cccs1. The highest BCUT2D eigenvalue weighted by molar-refractivity contribution is 7.93. The number of nitriles is 1. The Bertz CT molecular complexity index is 1460. The second kappa shape index (κ2) is 9.00. The number of piperazine rings is 1. The summed E-state index contributed by atoms with van der Waals surface area (Å²) >= 11 is 1.08. The minimum atomic E-state index is -3.97. The van der Waals surface area contributed by atoms with Crippen molar-refractivity contribution in [2.75, 3.05) is 36.0 Å². The fraction of sp³-hybridized carbons (Fsp3) is 0.208. The summed E-state index contributed by atoms with van der Waals surface area (Å²) in [5, 5.41) is 10.2. The molecule has 0 radical (unpaired) electrons. The third-order valence-electron chi connectivity index (χ3n) is 5.80. The first-order chi connectivity index (χ1) is 16.5. The lowest BCUT2D eigenvalue weighted by atomic mass is 10.2. The molecule has 5 rings (SSSR count). The third-order valence-corrected chi connectivity index (χ3v) is 9.09. The van der Waals surface area contributed by atoms with Crippen molar-refractivity contribution in [2.45, 2.75) is 9.46 Å². The molecule has 7 nitrogen and oxygen atoms in total. The molecule has 1 atom stereocenters. The van der Waals surface area contributed by atoms with Gasteiger partial charge in [-0.2, -0.15) is 5.26 Å². The molecule has 2 aromatic heterocycles. The Kier molecular flexibility index (Phi) is 5.89. The quantitative estimate of drug-likeness (QED) is 0.412. The standard InChI is InChI=1S/C24H20FN5O2S2/c25-17-7-9-18(10-8-17)29-11-13-30(14-12-29)24-23(27-19-4-1-2-5-20(19)28-24)21(16-26)34(31,32)22-6-3-15-33-22/h1-10,15,21H,11-14H2. The zero-order valence-corrected chi connectivity index (χ0v) is 19.6. The van der Waals surface area contributed by atoms with Gasteiger partial charge in [0.05, 0.1) is 17.1 Å². The number of nitrogens with zero attached hydrogens (tertiary/aromatic N) is 5. The number of thiophene rings is 1. The average molecular weight is 494 g/mol. The van der Waals surface area contributed by atoms with Gasteiger partial charge in [-0.15, -0.1) is 11.3 Å². The summed E-state index contributed by atoms with van der Waals surface area (Å²) in [6.45, 7) is 2.37. The monoisotopic (exact) mass is 493 g/mol. The van der Waals surface area contributed by atoms with Gasteiger partial charge < -0.3 is 9.80 Å². The van der Waals surface area contributed by atoms with Crippen LogP contribution in [-0.2, 0) is 9.84 Å². The summed E-state index contributed by atoms with van der Waals surface area (Å²) in [7, 11) is -3.97. The van der Waals surface area contributed by atoms with Crippen LogP contribution in [0.3, 0.4) is 0 Å². The molecule has 2 aromatic carbocycles. The number of rotatable bonds is 5. The van der Waals surface area contributed by atoms with Gasteiger partial charge in [-0.3, -0.25) is 0 Å². The normalized spacial score (nSPS) is 15.3. The van der Waals surface area contributed by atoms with Crippen LogP contribution in [0.1, 0.15) is 10.9 Å². The van der Waals surface area contributed by atoms with Crippen LogP contribution in [0.15, 0.2) is 70.3 Å². The van der Waals surface area contributed by atoms with E-state index in [0.29, 0.717) is 43.0 Å².